The Kier molecular flexibility index (Phi) is 6.78. The molecule has 0 aromatic heterocycles. The van der Waals surface area contributed by atoms with Gasteiger partial charge >= 0.3 is 0 Å². The van der Waals surface area contributed by atoms with Gasteiger partial charge in [0.25, 0.3) is 0 Å². The topological polar surface area (TPSA) is 66.5 Å². The van der Waals surface area contributed by atoms with E-state index in [1.807, 2.05) is 54.6 Å². The molecule has 0 aliphatic heterocycles. The average molecular weight is 389 g/mol. The molecule has 2 aromatic carbocycles. The number of sulfonamides is 1. The third-order valence-corrected chi connectivity index (χ3v) is 5.54. The lowest BCUT2D eigenvalue weighted by Gasteiger charge is -2.24. The Bertz CT molecular complexity index is 872. The van der Waals surface area contributed by atoms with Crippen LogP contribution < -0.4 is 5.32 Å². The zero-order valence-electron chi connectivity index (χ0n) is 16.4. The number of anilines is 1. The molecular formula is C21H28N2O3S. The third-order valence-electron chi connectivity index (χ3n) is 4.29. The SMILES string of the molecule is CC(C)(C)c1ccccc1NC(=O)CN(CCc1ccccc1)S(C)(=O)=O. The fraction of sp³-hybridized carbons (Fsp3) is 0.381. The van der Waals surface area contributed by atoms with E-state index >= 15 is 0 Å². The van der Waals surface area contributed by atoms with Crippen LogP contribution in [-0.2, 0) is 26.7 Å². The van der Waals surface area contributed by atoms with Crippen LogP contribution in [0.3, 0.4) is 0 Å². The number of para-hydroxylation sites is 1. The summed E-state index contributed by atoms with van der Waals surface area (Å²) in [6.07, 6.45) is 1.69. The van der Waals surface area contributed by atoms with Crippen molar-refractivity contribution in [3.8, 4) is 0 Å². The molecule has 146 valence electrons. The van der Waals surface area contributed by atoms with Crippen LogP contribution in [-0.4, -0.2) is 38.0 Å². The molecule has 0 aliphatic rings. The quantitative estimate of drug-likeness (QED) is 0.790. The van der Waals surface area contributed by atoms with E-state index in [4.69, 9.17) is 0 Å². The highest BCUT2D eigenvalue weighted by molar-refractivity contribution is 7.88. The third kappa shape index (κ3) is 6.48. The van der Waals surface area contributed by atoms with Gasteiger partial charge in [0.05, 0.1) is 12.8 Å². The minimum absolute atomic E-state index is 0.131. The fourth-order valence-electron chi connectivity index (χ4n) is 2.86. The van der Waals surface area contributed by atoms with Crippen LogP contribution in [0.15, 0.2) is 54.6 Å². The van der Waals surface area contributed by atoms with Gasteiger partial charge in [-0.15, -0.1) is 0 Å². The minimum atomic E-state index is -3.49. The van der Waals surface area contributed by atoms with Crippen LogP contribution in [0.2, 0.25) is 0 Å². The van der Waals surface area contributed by atoms with E-state index in [9.17, 15) is 13.2 Å². The van der Waals surface area contributed by atoms with Gasteiger partial charge in [0.2, 0.25) is 15.9 Å². The van der Waals surface area contributed by atoms with Crippen molar-refractivity contribution in [2.75, 3.05) is 24.7 Å². The van der Waals surface area contributed by atoms with Crippen LogP contribution in [0.5, 0.6) is 0 Å². The predicted molar refractivity (Wildman–Crippen MR) is 110 cm³/mol. The summed E-state index contributed by atoms with van der Waals surface area (Å²) < 4.78 is 25.4. The van der Waals surface area contributed by atoms with E-state index in [-0.39, 0.29) is 24.4 Å². The van der Waals surface area contributed by atoms with E-state index in [0.717, 1.165) is 17.4 Å². The van der Waals surface area contributed by atoms with Gasteiger partial charge in [-0.25, -0.2) is 8.42 Å². The Labute approximate surface area is 162 Å². The Hall–Kier alpha value is -2.18. The maximum absolute atomic E-state index is 12.5. The van der Waals surface area contributed by atoms with Gasteiger partial charge in [0.1, 0.15) is 0 Å². The minimum Gasteiger partial charge on any atom is -0.325 e. The molecule has 0 unspecified atom stereocenters. The average Bonchev–Trinajstić information content (AvgIpc) is 2.58. The first-order valence-corrected chi connectivity index (χ1v) is 10.8. The van der Waals surface area contributed by atoms with E-state index in [1.54, 1.807) is 0 Å². The van der Waals surface area contributed by atoms with E-state index in [0.29, 0.717) is 12.1 Å². The van der Waals surface area contributed by atoms with Crippen molar-refractivity contribution < 1.29 is 13.2 Å². The summed E-state index contributed by atoms with van der Waals surface area (Å²) in [5.74, 6) is -0.342. The number of benzene rings is 2. The monoisotopic (exact) mass is 388 g/mol. The molecule has 0 saturated carbocycles. The summed E-state index contributed by atoms with van der Waals surface area (Å²) in [6, 6.07) is 17.2. The molecular weight excluding hydrogens is 360 g/mol. The Balaban J connectivity index is 2.09. The van der Waals surface area contributed by atoms with Crippen LogP contribution in [0.1, 0.15) is 31.9 Å². The molecule has 0 saturated heterocycles. The number of hydrogen-bond donors (Lipinski definition) is 1. The molecule has 0 bridgehead atoms. The number of amides is 1. The molecule has 1 amide bonds. The summed E-state index contributed by atoms with van der Waals surface area (Å²) in [4.78, 5) is 12.5. The normalized spacial score (nSPS) is 12.2. The van der Waals surface area contributed by atoms with Gasteiger partial charge in [-0.3, -0.25) is 4.79 Å². The van der Waals surface area contributed by atoms with Gasteiger partial charge in [-0.1, -0.05) is 69.3 Å². The summed E-state index contributed by atoms with van der Waals surface area (Å²) in [5.41, 5.74) is 2.62. The molecule has 0 atom stereocenters. The zero-order valence-corrected chi connectivity index (χ0v) is 17.2. The standard InChI is InChI=1S/C21H28N2O3S/c1-21(2,3)18-12-8-9-13-19(18)22-20(24)16-23(27(4,25)26)15-14-17-10-6-5-7-11-17/h5-13H,14-16H2,1-4H3,(H,22,24). The first-order chi connectivity index (χ1) is 12.6. The molecule has 0 aliphatic carbocycles. The Morgan fingerprint density at radius 1 is 1.00 bits per heavy atom. The van der Waals surface area contributed by atoms with Crippen molar-refractivity contribution in [2.24, 2.45) is 0 Å². The van der Waals surface area contributed by atoms with Gasteiger partial charge in [0, 0.05) is 12.2 Å². The highest BCUT2D eigenvalue weighted by Gasteiger charge is 2.22. The smallest absolute Gasteiger partial charge is 0.239 e. The Morgan fingerprint density at radius 2 is 1.59 bits per heavy atom. The fourth-order valence-corrected chi connectivity index (χ4v) is 3.63. The second kappa shape index (κ2) is 8.67. The van der Waals surface area contributed by atoms with Crippen molar-refractivity contribution >= 4 is 21.6 Å². The van der Waals surface area contributed by atoms with Gasteiger partial charge in [-0.2, -0.15) is 4.31 Å². The van der Waals surface area contributed by atoms with Crippen molar-refractivity contribution in [3.05, 3.63) is 65.7 Å². The molecule has 5 nitrogen and oxygen atoms in total. The molecule has 2 rings (SSSR count). The van der Waals surface area contributed by atoms with Crippen molar-refractivity contribution in [3.63, 3.8) is 0 Å². The molecule has 1 N–H and O–H groups in total. The van der Waals surface area contributed by atoms with Crippen molar-refractivity contribution in [1.29, 1.82) is 0 Å². The van der Waals surface area contributed by atoms with Crippen LogP contribution in [0, 0.1) is 0 Å². The lowest BCUT2D eigenvalue weighted by atomic mass is 9.86. The van der Waals surface area contributed by atoms with Crippen LogP contribution in [0.25, 0.3) is 0 Å². The first-order valence-electron chi connectivity index (χ1n) is 8.96. The van der Waals surface area contributed by atoms with Crippen LogP contribution in [0.4, 0.5) is 5.69 Å². The summed E-state index contributed by atoms with van der Waals surface area (Å²) in [5, 5.41) is 2.87. The lowest BCUT2D eigenvalue weighted by Crippen LogP contribution is -2.38. The molecule has 0 fully saturated rings. The van der Waals surface area contributed by atoms with E-state index in [1.165, 1.54) is 4.31 Å². The number of nitrogens with one attached hydrogen (secondary N) is 1. The molecule has 0 heterocycles. The first kappa shape index (κ1) is 21.1. The van der Waals surface area contributed by atoms with Gasteiger partial charge < -0.3 is 5.32 Å². The number of carbonyl (C=O) groups excluding carboxylic acids is 1. The largest absolute Gasteiger partial charge is 0.325 e. The van der Waals surface area contributed by atoms with Gasteiger partial charge in [-0.05, 0) is 29.0 Å². The highest BCUT2D eigenvalue weighted by Crippen LogP contribution is 2.29. The second-order valence-electron chi connectivity index (χ2n) is 7.68. The zero-order chi connectivity index (χ0) is 20.1. The second-order valence-corrected chi connectivity index (χ2v) is 9.66. The summed E-state index contributed by atoms with van der Waals surface area (Å²) in [6.45, 7) is 6.27. The van der Waals surface area contributed by atoms with Gasteiger partial charge in [0.15, 0.2) is 0 Å². The molecule has 0 spiro atoms. The number of rotatable bonds is 7. The molecule has 6 heteroatoms. The maximum atomic E-state index is 12.5. The number of hydrogen-bond acceptors (Lipinski definition) is 3. The van der Waals surface area contributed by atoms with Crippen LogP contribution >= 0.6 is 0 Å². The predicted octanol–water partition coefficient (Wildman–Crippen LogP) is 3.43. The maximum Gasteiger partial charge on any atom is 0.239 e. The number of nitrogens with zero attached hydrogens (tertiary/aromatic N) is 1. The summed E-state index contributed by atoms with van der Waals surface area (Å²) >= 11 is 0. The van der Waals surface area contributed by atoms with E-state index in [2.05, 4.69) is 26.1 Å². The molecule has 0 radical (unpaired) electrons. The van der Waals surface area contributed by atoms with Crippen molar-refractivity contribution in [1.82, 2.24) is 4.31 Å². The van der Waals surface area contributed by atoms with Crippen molar-refractivity contribution in [2.45, 2.75) is 32.6 Å². The number of carbonyl (C=O) groups is 1. The lowest BCUT2D eigenvalue weighted by molar-refractivity contribution is -0.116. The molecule has 2 aromatic rings. The summed E-state index contributed by atoms with van der Waals surface area (Å²) in [7, 11) is -3.49. The molecule has 27 heavy (non-hydrogen) atoms. The Morgan fingerprint density at radius 3 is 2.19 bits per heavy atom. The van der Waals surface area contributed by atoms with E-state index < -0.39 is 10.0 Å². The highest BCUT2D eigenvalue weighted by atomic mass is 32.2.